The van der Waals surface area contributed by atoms with Crippen molar-refractivity contribution in [2.75, 3.05) is 0 Å². The Bertz CT molecular complexity index is 1190. The van der Waals surface area contributed by atoms with Crippen LogP contribution < -0.4 is 4.74 Å². The fraction of sp³-hybridized carbons (Fsp3) is 0.240. The number of halogens is 1. The number of ether oxygens (including phenoxy) is 1. The van der Waals surface area contributed by atoms with Gasteiger partial charge < -0.3 is 9.84 Å². The van der Waals surface area contributed by atoms with Gasteiger partial charge in [-0.05, 0) is 73.6 Å². The maximum Gasteiger partial charge on any atom is 0.356 e. The number of allylic oxidation sites excluding steroid dienone is 2. The summed E-state index contributed by atoms with van der Waals surface area (Å²) in [5.41, 5.74) is 7.07. The first kappa shape index (κ1) is 21.1. The second kappa shape index (κ2) is 8.90. The van der Waals surface area contributed by atoms with Crippen molar-refractivity contribution in [2.45, 2.75) is 39.7 Å². The summed E-state index contributed by atoms with van der Waals surface area (Å²) in [6, 6.07) is 11.9. The van der Waals surface area contributed by atoms with E-state index in [0.29, 0.717) is 17.3 Å². The fourth-order valence-corrected chi connectivity index (χ4v) is 4.14. The molecule has 0 amide bonds. The van der Waals surface area contributed by atoms with Crippen LogP contribution in [0.1, 0.15) is 57.7 Å². The Balaban J connectivity index is 1.71. The van der Waals surface area contributed by atoms with Crippen molar-refractivity contribution in [1.82, 2.24) is 9.97 Å². The Hall–Kier alpha value is -3.18. The molecule has 1 N–H and O–H groups in total. The van der Waals surface area contributed by atoms with Gasteiger partial charge in [0.2, 0.25) is 0 Å². The van der Waals surface area contributed by atoms with Gasteiger partial charge in [0.25, 0.3) is 0 Å². The number of rotatable bonds is 6. The first-order chi connectivity index (χ1) is 14.9. The second-order valence-electron chi connectivity index (χ2n) is 7.76. The predicted molar refractivity (Wildman–Crippen MR) is 121 cm³/mol. The highest BCUT2D eigenvalue weighted by Gasteiger charge is 2.23. The van der Waals surface area contributed by atoms with E-state index in [9.17, 15) is 9.90 Å². The minimum atomic E-state index is -1.09. The number of aromatic nitrogens is 2. The Morgan fingerprint density at radius 1 is 1.10 bits per heavy atom. The summed E-state index contributed by atoms with van der Waals surface area (Å²) in [5, 5.41) is 9.90. The van der Waals surface area contributed by atoms with E-state index in [4.69, 9.17) is 16.3 Å². The lowest BCUT2D eigenvalue weighted by Crippen LogP contribution is -2.04. The zero-order chi connectivity index (χ0) is 22.0. The molecule has 0 spiro atoms. The topological polar surface area (TPSA) is 72.3 Å². The van der Waals surface area contributed by atoms with Crippen molar-refractivity contribution in [3.05, 3.63) is 87.5 Å². The molecule has 1 aliphatic carbocycles. The van der Waals surface area contributed by atoms with Crippen molar-refractivity contribution in [2.24, 2.45) is 0 Å². The summed E-state index contributed by atoms with van der Waals surface area (Å²) >= 11 is 6.33. The zero-order valence-corrected chi connectivity index (χ0v) is 18.2. The minimum absolute atomic E-state index is 0.0614. The van der Waals surface area contributed by atoms with Crippen molar-refractivity contribution < 1.29 is 14.6 Å². The third-order valence-corrected chi connectivity index (χ3v) is 5.76. The zero-order valence-electron chi connectivity index (χ0n) is 17.5. The highest BCUT2D eigenvalue weighted by Crippen LogP contribution is 2.43. The van der Waals surface area contributed by atoms with E-state index in [1.54, 1.807) is 6.20 Å². The van der Waals surface area contributed by atoms with Gasteiger partial charge in [-0.1, -0.05) is 35.4 Å². The Labute approximate surface area is 186 Å². The number of hydrogen-bond acceptors (Lipinski definition) is 4. The van der Waals surface area contributed by atoms with Crippen molar-refractivity contribution >= 4 is 28.7 Å². The van der Waals surface area contributed by atoms with Crippen molar-refractivity contribution in [1.29, 1.82) is 0 Å². The van der Waals surface area contributed by atoms with E-state index in [1.807, 2.05) is 18.2 Å². The number of nitrogens with zero attached hydrogens (tertiary/aromatic N) is 2. The van der Waals surface area contributed by atoms with Crippen LogP contribution in [0.15, 0.2) is 48.8 Å². The van der Waals surface area contributed by atoms with Crippen molar-refractivity contribution in [3.8, 4) is 5.75 Å². The van der Waals surface area contributed by atoms with Gasteiger partial charge >= 0.3 is 5.97 Å². The lowest BCUT2D eigenvalue weighted by molar-refractivity contribution is 0.0690. The van der Waals surface area contributed by atoms with Gasteiger partial charge in [-0.15, -0.1) is 0 Å². The molecular weight excluding hydrogens is 412 g/mol. The van der Waals surface area contributed by atoms with Gasteiger partial charge in [-0.25, -0.2) is 9.78 Å². The molecule has 0 fully saturated rings. The standard InChI is InChI=1S/C25H23ClN2O3/c1-15-6-7-17(16(2)10-15)14-31-24-9-8-18(26)11-21(24)19-4-3-5-20(19)22-12-27-13-23(28-22)25(29)30/h6-13H,3-5,14H2,1-2H3,(H,29,30). The lowest BCUT2D eigenvalue weighted by atomic mass is 9.99. The largest absolute Gasteiger partial charge is 0.488 e. The molecule has 0 saturated heterocycles. The first-order valence-corrected chi connectivity index (χ1v) is 10.6. The smallest absolute Gasteiger partial charge is 0.356 e. The monoisotopic (exact) mass is 434 g/mol. The first-order valence-electron chi connectivity index (χ1n) is 10.2. The number of hydrogen-bond donors (Lipinski definition) is 1. The predicted octanol–water partition coefficient (Wildman–Crippen LogP) is 6.12. The summed E-state index contributed by atoms with van der Waals surface area (Å²) in [6.45, 7) is 4.61. The molecular formula is C25H23ClN2O3. The molecule has 0 bridgehead atoms. The number of aromatic carboxylic acids is 1. The molecule has 1 aromatic heterocycles. The lowest BCUT2D eigenvalue weighted by Gasteiger charge is -2.16. The Morgan fingerprint density at radius 3 is 2.68 bits per heavy atom. The van der Waals surface area contributed by atoms with Crippen LogP contribution in [0.2, 0.25) is 5.02 Å². The molecule has 1 aliphatic rings. The van der Waals surface area contributed by atoms with Crippen LogP contribution in [0.5, 0.6) is 5.75 Å². The number of aryl methyl sites for hydroxylation is 2. The van der Waals surface area contributed by atoms with Gasteiger partial charge in [0.15, 0.2) is 5.69 Å². The van der Waals surface area contributed by atoms with Crippen LogP contribution in [0.3, 0.4) is 0 Å². The van der Waals surface area contributed by atoms with Crippen LogP contribution in [0.25, 0.3) is 11.1 Å². The molecule has 2 aromatic carbocycles. The highest BCUT2D eigenvalue weighted by molar-refractivity contribution is 6.30. The summed E-state index contributed by atoms with van der Waals surface area (Å²) in [6.07, 6.45) is 5.48. The van der Waals surface area contributed by atoms with Gasteiger partial charge in [-0.3, -0.25) is 4.98 Å². The van der Waals surface area contributed by atoms with Crippen LogP contribution in [-0.2, 0) is 6.61 Å². The maximum absolute atomic E-state index is 11.3. The van der Waals surface area contributed by atoms with Gasteiger partial charge in [0.1, 0.15) is 12.4 Å². The minimum Gasteiger partial charge on any atom is -0.488 e. The van der Waals surface area contributed by atoms with E-state index in [0.717, 1.165) is 47.3 Å². The summed E-state index contributed by atoms with van der Waals surface area (Å²) in [7, 11) is 0. The third-order valence-electron chi connectivity index (χ3n) is 5.53. The molecule has 1 heterocycles. The number of benzene rings is 2. The molecule has 5 nitrogen and oxygen atoms in total. The fourth-order valence-electron chi connectivity index (χ4n) is 3.97. The Morgan fingerprint density at radius 2 is 1.90 bits per heavy atom. The average Bonchev–Trinajstić information content (AvgIpc) is 3.23. The molecule has 6 heteroatoms. The summed E-state index contributed by atoms with van der Waals surface area (Å²) < 4.78 is 6.23. The number of carboxylic acids is 1. The normalized spacial score (nSPS) is 13.5. The maximum atomic E-state index is 11.3. The van der Waals surface area contributed by atoms with Crippen LogP contribution in [0.4, 0.5) is 0 Å². The number of carboxylic acid groups (broad SMARTS) is 1. The quantitative estimate of drug-likeness (QED) is 0.506. The van der Waals surface area contributed by atoms with E-state index in [2.05, 4.69) is 42.0 Å². The van der Waals surface area contributed by atoms with Crippen LogP contribution >= 0.6 is 11.6 Å². The summed E-state index contributed by atoms with van der Waals surface area (Å²) in [5.74, 6) is -0.337. The average molecular weight is 435 g/mol. The van der Waals surface area contributed by atoms with E-state index in [-0.39, 0.29) is 5.69 Å². The van der Waals surface area contributed by atoms with Gasteiger partial charge in [0.05, 0.1) is 18.1 Å². The molecule has 0 saturated carbocycles. The second-order valence-corrected chi connectivity index (χ2v) is 8.20. The Kier molecular flexibility index (Phi) is 6.05. The molecule has 0 radical (unpaired) electrons. The van der Waals surface area contributed by atoms with Gasteiger partial charge in [-0.2, -0.15) is 0 Å². The van der Waals surface area contributed by atoms with Crippen LogP contribution in [-0.4, -0.2) is 21.0 Å². The van der Waals surface area contributed by atoms with E-state index in [1.165, 1.54) is 17.3 Å². The number of carbonyl (C=O) groups is 1. The molecule has 4 rings (SSSR count). The van der Waals surface area contributed by atoms with Crippen LogP contribution in [0, 0.1) is 13.8 Å². The molecule has 0 atom stereocenters. The van der Waals surface area contributed by atoms with Crippen molar-refractivity contribution in [3.63, 3.8) is 0 Å². The van der Waals surface area contributed by atoms with Gasteiger partial charge in [0, 0.05) is 10.6 Å². The molecule has 31 heavy (non-hydrogen) atoms. The SMILES string of the molecule is Cc1ccc(COc2ccc(Cl)cc2C2=C(c3cncc(C(=O)O)n3)CCC2)c(C)c1. The molecule has 0 aliphatic heterocycles. The summed E-state index contributed by atoms with van der Waals surface area (Å²) in [4.78, 5) is 19.7. The molecule has 3 aromatic rings. The highest BCUT2D eigenvalue weighted by atomic mass is 35.5. The van der Waals surface area contributed by atoms with E-state index >= 15 is 0 Å². The third kappa shape index (κ3) is 4.62. The molecule has 158 valence electrons. The molecule has 0 unspecified atom stereocenters. The van der Waals surface area contributed by atoms with E-state index < -0.39 is 5.97 Å².